The number of methoxy groups -OCH3 is 1. The van der Waals surface area contributed by atoms with Crippen LogP contribution in [0.3, 0.4) is 0 Å². The summed E-state index contributed by atoms with van der Waals surface area (Å²) in [6, 6.07) is 0. The SMILES string of the molecule is COC(=O)CCN(CC(C)C)C(=O)c1csc(CN)n1. The molecule has 2 N–H and O–H groups in total. The van der Waals surface area contributed by atoms with E-state index in [1.807, 2.05) is 13.8 Å². The highest BCUT2D eigenvalue weighted by molar-refractivity contribution is 7.09. The molecule has 1 aromatic rings. The Morgan fingerprint density at radius 1 is 1.50 bits per heavy atom. The standard InChI is InChI=1S/C13H21N3O3S/c1-9(2)7-16(5-4-12(17)19-3)13(18)10-8-20-11(6-14)15-10/h8-9H,4-7,14H2,1-3H3. The van der Waals surface area contributed by atoms with Gasteiger partial charge in [-0.25, -0.2) is 4.98 Å². The second kappa shape index (κ2) is 7.96. The summed E-state index contributed by atoms with van der Waals surface area (Å²) in [6.07, 6.45) is 0.183. The zero-order valence-corrected chi connectivity index (χ0v) is 12.9. The molecule has 0 aliphatic carbocycles. The van der Waals surface area contributed by atoms with E-state index in [0.29, 0.717) is 31.2 Å². The van der Waals surface area contributed by atoms with Crippen LogP contribution in [0.4, 0.5) is 0 Å². The lowest BCUT2D eigenvalue weighted by Gasteiger charge is -2.23. The Labute approximate surface area is 122 Å². The lowest BCUT2D eigenvalue weighted by atomic mass is 10.2. The average Bonchev–Trinajstić information content (AvgIpc) is 2.90. The topological polar surface area (TPSA) is 85.5 Å². The summed E-state index contributed by atoms with van der Waals surface area (Å²) in [7, 11) is 1.34. The molecule has 0 aliphatic heterocycles. The van der Waals surface area contributed by atoms with Crippen molar-refractivity contribution in [1.82, 2.24) is 9.88 Å². The Balaban J connectivity index is 2.75. The molecule has 0 spiro atoms. The molecule has 6 nitrogen and oxygen atoms in total. The lowest BCUT2D eigenvalue weighted by Crippen LogP contribution is -2.36. The molecule has 0 aliphatic rings. The molecule has 0 saturated heterocycles. The smallest absolute Gasteiger partial charge is 0.307 e. The molecule has 0 unspecified atom stereocenters. The minimum atomic E-state index is -0.326. The molecule has 0 saturated carbocycles. The zero-order chi connectivity index (χ0) is 15.1. The maximum atomic E-state index is 12.4. The number of hydrogen-bond acceptors (Lipinski definition) is 6. The summed E-state index contributed by atoms with van der Waals surface area (Å²) < 4.78 is 4.61. The number of aromatic nitrogens is 1. The van der Waals surface area contributed by atoms with Gasteiger partial charge >= 0.3 is 5.97 Å². The second-order valence-corrected chi connectivity index (χ2v) is 5.74. The normalized spacial score (nSPS) is 10.7. The monoisotopic (exact) mass is 299 g/mol. The van der Waals surface area contributed by atoms with E-state index < -0.39 is 0 Å². The quantitative estimate of drug-likeness (QED) is 0.766. The van der Waals surface area contributed by atoms with Gasteiger partial charge in [0.2, 0.25) is 0 Å². The van der Waals surface area contributed by atoms with Gasteiger partial charge in [-0.05, 0) is 5.92 Å². The fourth-order valence-electron chi connectivity index (χ4n) is 1.71. The number of hydrogen-bond donors (Lipinski definition) is 1. The maximum absolute atomic E-state index is 12.4. The van der Waals surface area contributed by atoms with E-state index in [2.05, 4.69) is 9.72 Å². The summed E-state index contributed by atoms with van der Waals surface area (Å²) in [5.74, 6) is -0.185. The summed E-state index contributed by atoms with van der Waals surface area (Å²) >= 11 is 1.37. The fraction of sp³-hybridized carbons (Fsp3) is 0.615. The molecule has 0 bridgehead atoms. The first-order valence-electron chi connectivity index (χ1n) is 6.48. The van der Waals surface area contributed by atoms with Crippen LogP contribution >= 0.6 is 11.3 Å². The van der Waals surface area contributed by atoms with Crippen molar-refractivity contribution in [3.8, 4) is 0 Å². The minimum Gasteiger partial charge on any atom is -0.469 e. The molecular weight excluding hydrogens is 278 g/mol. The third-order valence-corrected chi connectivity index (χ3v) is 3.50. The number of esters is 1. The van der Waals surface area contributed by atoms with Gasteiger partial charge in [0.25, 0.3) is 5.91 Å². The molecule has 1 rings (SSSR count). The van der Waals surface area contributed by atoms with Gasteiger partial charge in [-0.15, -0.1) is 11.3 Å². The van der Waals surface area contributed by atoms with Gasteiger partial charge in [-0.2, -0.15) is 0 Å². The molecule has 0 radical (unpaired) electrons. The first-order chi connectivity index (χ1) is 9.47. The number of thiazole rings is 1. The predicted octanol–water partition coefficient (Wildman–Crippen LogP) is 1.26. The highest BCUT2D eigenvalue weighted by Gasteiger charge is 2.20. The van der Waals surface area contributed by atoms with E-state index in [9.17, 15) is 9.59 Å². The Hall–Kier alpha value is -1.47. The van der Waals surface area contributed by atoms with Crippen LogP contribution in [-0.4, -0.2) is 42.0 Å². The highest BCUT2D eigenvalue weighted by atomic mass is 32.1. The summed E-state index contributed by atoms with van der Waals surface area (Å²) in [5.41, 5.74) is 5.89. The number of carbonyl (C=O) groups is 2. The maximum Gasteiger partial charge on any atom is 0.307 e. The van der Waals surface area contributed by atoms with Gasteiger partial charge in [-0.1, -0.05) is 13.8 Å². The number of ether oxygens (including phenoxy) is 1. The van der Waals surface area contributed by atoms with E-state index >= 15 is 0 Å². The van der Waals surface area contributed by atoms with Crippen molar-refractivity contribution in [1.29, 1.82) is 0 Å². The van der Waals surface area contributed by atoms with Crippen molar-refractivity contribution in [2.75, 3.05) is 20.2 Å². The molecule has 1 heterocycles. The van der Waals surface area contributed by atoms with Gasteiger partial charge in [0.15, 0.2) is 0 Å². The van der Waals surface area contributed by atoms with Crippen LogP contribution in [0.2, 0.25) is 0 Å². The van der Waals surface area contributed by atoms with E-state index in [1.54, 1.807) is 10.3 Å². The number of nitrogens with two attached hydrogens (primary N) is 1. The van der Waals surface area contributed by atoms with Gasteiger partial charge in [0.05, 0.1) is 13.5 Å². The Morgan fingerprint density at radius 2 is 2.20 bits per heavy atom. The molecule has 0 atom stereocenters. The van der Waals surface area contributed by atoms with Crippen LogP contribution in [0.15, 0.2) is 5.38 Å². The molecule has 112 valence electrons. The fourth-order valence-corrected chi connectivity index (χ4v) is 2.36. The number of nitrogens with zero attached hydrogens (tertiary/aromatic N) is 2. The molecular formula is C13H21N3O3S. The van der Waals surface area contributed by atoms with Crippen LogP contribution in [0.1, 0.15) is 35.8 Å². The summed E-state index contributed by atoms with van der Waals surface area (Å²) in [4.78, 5) is 29.4. The molecule has 7 heteroatoms. The number of amides is 1. The third-order valence-electron chi connectivity index (χ3n) is 2.63. The van der Waals surface area contributed by atoms with E-state index in [1.165, 1.54) is 18.4 Å². The molecule has 1 amide bonds. The van der Waals surface area contributed by atoms with Gasteiger partial charge < -0.3 is 15.4 Å². The summed E-state index contributed by atoms with van der Waals surface area (Å²) in [6.45, 7) is 5.27. The molecule has 1 aromatic heterocycles. The number of rotatable bonds is 7. The Kier molecular flexibility index (Phi) is 6.60. The predicted molar refractivity (Wildman–Crippen MR) is 77.4 cm³/mol. The number of carbonyl (C=O) groups excluding carboxylic acids is 2. The lowest BCUT2D eigenvalue weighted by molar-refractivity contribution is -0.140. The zero-order valence-electron chi connectivity index (χ0n) is 12.1. The van der Waals surface area contributed by atoms with E-state index in [0.717, 1.165) is 5.01 Å². The van der Waals surface area contributed by atoms with Crippen LogP contribution in [0.5, 0.6) is 0 Å². The van der Waals surface area contributed by atoms with Gasteiger partial charge in [0.1, 0.15) is 10.7 Å². The average molecular weight is 299 g/mol. The Morgan fingerprint density at radius 3 is 2.70 bits per heavy atom. The van der Waals surface area contributed by atoms with Crippen molar-refractivity contribution < 1.29 is 14.3 Å². The Bertz CT molecular complexity index is 459. The van der Waals surface area contributed by atoms with Crippen LogP contribution in [0, 0.1) is 5.92 Å². The van der Waals surface area contributed by atoms with Crippen molar-refractivity contribution in [3.05, 3.63) is 16.1 Å². The highest BCUT2D eigenvalue weighted by Crippen LogP contribution is 2.13. The van der Waals surface area contributed by atoms with Crippen molar-refractivity contribution in [2.24, 2.45) is 11.7 Å². The van der Waals surface area contributed by atoms with Crippen LogP contribution in [0.25, 0.3) is 0 Å². The van der Waals surface area contributed by atoms with E-state index in [4.69, 9.17) is 5.73 Å². The van der Waals surface area contributed by atoms with Gasteiger partial charge in [-0.3, -0.25) is 9.59 Å². The third kappa shape index (κ3) is 4.90. The molecule has 20 heavy (non-hydrogen) atoms. The van der Waals surface area contributed by atoms with Crippen molar-refractivity contribution in [3.63, 3.8) is 0 Å². The molecule has 0 fully saturated rings. The van der Waals surface area contributed by atoms with E-state index in [-0.39, 0.29) is 18.3 Å². The minimum absolute atomic E-state index is 0.168. The van der Waals surface area contributed by atoms with Crippen LogP contribution in [-0.2, 0) is 16.1 Å². The van der Waals surface area contributed by atoms with Crippen molar-refractivity contribution in [2.45, 2.75) is 26.8 Å². The molecule has 0 aromatic carbocycles. The second-order valence-electron chi connectivity index (χ2n) is 4.80. The van der Waals surface area contributed by atoms with Gasteiger partial charge in [0, 0.05) is 25.0 Å². The summed E-state index contributed by atoms with van der Waals surface area (Å²) in [5, 5.41) is 2.43. The van der Waals surface area contributed by atoms with Crippen molar-refractivity contribution >= 4 is 23.2 Å². The largest absolute Gasteiger partial charge is 0.469 e. The first kappa shape index (κ1) is 16.6. The first-order valence-corrected chi connectivity index (χ1v) is 7.36. The van der Waals surface area contributed by atoms with Crippen LogP contribution < -0.4 is 5.73 Å².